The SMILES string of the molecule is CC1CC(C)CN(Cc2ccccc2CNC(=O)c2ccc(CS(C)(=O)=O)cc2)C1. The first-order chi connectivity index (χ1) is 14.2. The zero-order valence-electron chi connectivity index (χ0n) is 18.1. The predicted molar refractivity (Wildman–Crippen MR) is 121 cm³/mol. The van der Waals surface area contributed by atoms with Crippen LogP contribution in [0, 0.1) is 11.8 Å². The normalized spacial score (nSPS) is 20.1. The molecule has 1 amide bonds. The maximum atomic E-state index is 12.6. The Hall–Kier alpha value is -2.18. The van der Waals surface area contributed by atoms with Gasteiger partial charge in [0.25, 0.3) is 5.91 Å². The lowest BCUT2D eigenvalue weighted by Gasteiger charge is -2.35. The predicted octanol–water partition coefficient (Wildman–Crippen LogP) is 3.64. The monoisotopic (exact) mass is 428 g/mol. The Morgan fingerprint density at radius 3 is 2.20 bits per heavy atom. The number of rotatable bonds is 7. The molecule has 6 heteroatoms. The molecule has 30 heavy (non-hydrogen) atoms. The Balaban J connectivity index is 1.61. The second-order valence-electron chi connectivity index (χ2n) is 8.86. The smallest absolute Gasteiger partial charge is 0.251 e. The van der Waals surface area contributed by atoms with Crippen LogP contribution in [0.4, 0.5) is 0 Å². The molecular weight excluding hydrogens is 396 g/mol. The molecule has 0 bridgehead atoms. The highest BCUT2D eigenvalue weighted by Gasteiger charge is 2.22. The summed E-state index contributed by atoms with van der Waals surface area (Å²) in [6, 6.07) is 15.0. The van der Waals surface area contributed by atoms with Crippen LogP contribution in [0.5, 0.6) is 0 Å². The van der Waals surface area contributed by atoms with E-state index in [1.54, 1.807) is 24.3 Å². The van der Waals surface area contributed by atoms with Gasteiger partial charge in [0.05, 0.1) is 5.75 Å². The average Bonchev–Trinajstić information content (AvgIpc) is 2.65. The maximum Gasteiger partial charge on any atom is 0.251 e. The maximum absolute atomic E-state index is 12.6. The van der Waals surface area contributed by atoms with Crippen molar-refractivity contribution in [2.24, 2.45) is 11.8 Å². The summed E-state index contributed by atoms with van der Waals surface area (Å²) >= 11 is 0. The molecule has 3 rings (SSSR count). The lowest BCUT2D eigenvalue weighted by molar-refractivity contribution is 0.0950. The second-order valence-corrected chi connectivity index (χ2v) is 11.0. The highest BCUT2D eigenvalue weighted by molar-refractivity contribution is 7.89. The topological polar surface area (TPSA) is 66.5 Å². The van der Waals surface area contributed by atoms with E-state index in [0.29, 0.717) is 29.5 Å². The third-order valence-electron chi connectivity index (χ3n) is 5.54. The molecule has 0 saturated carbocycles. The molecule has 1 N–H and O–H groups in total. The number of piperidine rings is 1. The highest BCUT2D eigenvalue weighted by Crippen LogP contribution is 2.23. The standard InChI is InChI=1S/C24H32N2O3S/c1-18-12-19(2)15-26(14-18)16-23-7-5-4-6-22(23)13-25-24(27)21-10-8-20(9-11-21)17-30(3,28)29/h4-11,18-19H,12-17H2,1-3H3,(H,25,27). The first-order valence-electron chi connectivity index (χ1n) is 10.5. The summed E-state index contributed by atoms with van der Waals surface area (Å²) in [5.74, 6) is 1.25. The summed E-state index contributed by atoms with van der Waals surface area (Å²) < 4.78 is 22.8. The van der Waals surface area contributed by atoms with Gasteiger partial charge in [0.1, 0.15) is 0 Å². The Labute approximate surface area is 180 Å². The van der Waals surface area contributed by atoms with E-state index in [2.05, 4.69) is 42.3 Å². The summed E-state index contributed by atoms with van der Waals surface area (Å²) in [4.78, 5) is 15.1. The van der Waals surface area contributed by atoms with Crippen molar-refractivity contribution in [2.45, 2.75) is 39.1 Å². The molecule has 1 aliphatic heterocycles. The molecule has 0 aliphatic carbocycles. The van der Waals surface area contributed by atoms with Gasteiger partial charge in [-0.2, -0.15) is 0 Å². The third kappa shape index (κ3) is 6.67. The van der Waals surface area contributed by atoms with Crippen LogP contribution in [-0.2, 0) is 28.7 Å². The number of hydrogen-bond donors (Lipinski definition) is 1. The van der Waals surface area contributed by atoms with Crippen LogP contribution in [0.3, 0.4) is 0 Å². The minimum absolute atomic E-state index is 0.0178. The Kier molecular flexibility index (Phi) is 7.32. The molecule has 0 spiro atoms. The van der Waals surface area contributed by atoms with Crippen molar-refractivity contribution in [2.75, 3.05) is 19.3 Å². The minimum atomic E-state index is -3.09. The fourth-order valence-electron chi connectivity index (χ4n) is 4.38. The van der Waals surface area contributed by atoms with Crippen molar-refractivity contribution in [1.82, 2.24) is 10.2 Å². The van der Waals surface area contributed by atoms with E-state index >= 15 is 0 Å². The zero-order chi connectivity index (χ0) is 21.7. The molecule has 2 atom stereocenters. The fourth-order valence-corrected chi connectivity index (χ4v) is 5.18. The van der Waals surface area contributed by atoms with Gasteiger partial charge < -0.3 is 5.32 Å². The first kappa shape index (κ1) is 22.5. The Morgan fingerprint density at radius 1 is 1.00 bits per heavy atom. The molecule has 0 aromatic heterocycles. The molecule has 2 aromatic rings. The van der Waals surface area contributed by atoms with Gasteiger partial charge >= 0.3 is 0 Å². The van der Waals surface area contributed by atoms with Crippen molar-refractivity contribution in [1.29, 1.82) is 0 Å². The first-order valence-corrected chi connectivity index (χ1v) is 12.6. The summed E-state index contributed by atoms with van der Waals surface area (Å²) in [5.41, 5.74) is 3.60. The number of benzene rings is 2. The van der Waals surface area contributed by atoms with Gasteiger partial charge in [0, 0.05) is 38.0 Å². The van der Waals surface area contributed by atoms with E-state index in [0.717, 1.165) is 25.2 Å². The van der Waals surface area contributed by atoms with Crippen molar-refractivity contribution in [3.63, 3.8) is 0 Å². The molecule has 5 nitrogen and oxygen atoms in total. The fraction of sp³-hybridized carbons (Fsp3) is 0.458. The molecule has 1 heterocycles. The van der Waals surface area contributed by atoms with Gasteiger partial charge in [-0.1, -0.05) is 50.2 Å². The molecular formula is C24H32N2O3S. The molecule has 2 unspecified atom stereocenters. The van der Waals surface area contributed by atoms with Crippen LogP contribution in [0.2, 0.25) is 0 Å². The lowest BCUT2D eigenvalue weighted by Crippen LogP contribution is -2.38. The van der Waals surface area contributed by atoms with Crippen LogP contribution < -0.4 is 5.32 Å². The Morgan fingerprint density at radius 2 is 1.60 bits per heavy atom. The van der Waals surface area contributed by atoms with Crippen LogP contribution in [0.1, 0.15) is 47.3 Å². The molecule has 1 fully saturated rings. The number of nitrogens with zero attached hydrogens (tertiary/aromatic N) is 1. The van der Waals surface area contributed by atoms with E-state index in [1.807, 2.05) is 6.07 Å². The Bertz CT molecular complexity index is 960. The summed E-state index contributed by atoms with van der Waals surface area (Å²) in [5, 5.41) is 3.00. The number of carbonyl (C=O) groups is 1. The van der Waals surface area contributed by atoms with E-state index in [-0.39, 0.29) is 11.7 Å². The molecule has 0 radical (unpaired) electrons. The highest BCUT2D eigenvalue weighted by atomic mass is 32.2. The van der Waals surface area contributed by atoms with Crippen LogP contribution >= 0.6 is 0 Å². The van der Waals surface area contributed by atoms with E-state index in [9.17, 15) is 13.2 Å². The van der Waals surface area contributed by atoms with Crippen LogP contribution in [-0.4, -0.2) is 38.6 Å². The molecule has 2 aromatic carbocycles. The van der Waals surface area contributed by atoms with E-state index < -0.39 is 9.84 Å². The number of carbonyl (C=O) groups excluding carboxylic acids is 1. The summed E-state index contributed by atoms with van der Waals surface area (Å²) in [6.07, 6.45) is 2.49. The van der Waals surface area contributed by atoms with Crippen molar-refractivity contribution >= 4 is 15.7 Å². The molecule has 162 valence electrons. The van der Waals surface area contributed by atoms with Crippen LogP contribution in [0.15, 0.2) is 48.5 Å². The van der Waals surface area contributed by atoms with Gasteiger partial charge in [0.15, 0.2) is 9.84 Å². The number of hydrogen-bond acceptors (Lipinski definition) is 4. The average molecular weight is 429 g/mol. The molecule has 1 aliphatic rings. The van der Waals surface area contributed by atoms with Crippen molar-refractivity contribution < 1.29 is 13.2 Å². The van der Waals surface area contributed by atoms with E-state index in [4.69, 9.17) is 0 Å². The zero-order valence-corrected chi connectivity index (χ0v) is 18.9. The summed E-state index contributed by atoms with van der Waals surface area (Å²) in [6.45, 7) is 8.24. The minimum Gasteiger partial charge on any atom is -0.348 e. The number of nitrogens with one attached hydrogen (secondary N) is 1. The molecule has 1 saturated heterocycles. The number of amides is 1. The van der Waals surface area contributed by atoms with Crippen molar-refractivity contribution in [3.05, 3.63) is 70.8 Å². The van der Waals surface area contributed by atoms with Gasteiger partial charge in [-0.3, -0.25) is 9.69 Å². The largest absolute Gasteiger partial charge is 0.348 e. The second kappa shape index (κ2) is 9.75. The number of likely N-dealkylation sites (tertiary alicyclic amines) is 1. The van der Waals surface area contributed by atoms with Gasteiger partial charge in [-0.25, -0.2) is 8.42 Å². The third-order valence-corrected chi connectivity index (χ3v) is 6.40. The van der Waals surface area contributed by atoms with Crippen LogP contribution in [0.25, 0.3) is 0 Å². The lowest BCUT2D eigenvalue weighted by atomic mass is 9.91. The van der Waals surface area contributed by atoms with Gasteiger partial charge in [0.2, 0.25) is 0 Å². The quantitative estimate of drug-likeness (QED) is 0.731. The summed E-state index contributed by atoms with van der Waals surface area (Å²) in [7, 11) is -3.09. The van der Waals surface area contributed by atoms with Gasteiger partial charge in [-0.05, 0) is 47.1 Å². The van der Waals surface area contributed by atoms with E-state index in [1.165, 1.54) is 18.2 Å². The van der Waals surface area contributed by atoms with Crippen molar-refractivity contribution in [3.8, 4) is 0 Å². The van der Waals surface area contributed by atoms with Gasteiger partial charge in [-0.15, -0.1) is 0 Å². The number of sulfone groups is 1.